The van der Waals surface area contributed by atoms with E-state index in [9.17, 15) is 18.0 Å². The number of halogens is 3. The number of thioether (sulfide) groups is 1. The molecule has 0 N–H and O–H groups in total. The van der Waals surface area contributed by atoms with Gasteiger partial charge >= 0.3 is 6.18 Å². The molecule has 0 saturated carbocycles. The van der Waals surface area contributed by atoms with Crippen LogP contribution in [0.2, 0.25) is 0 Å². The molecule has 8 nitrogen and oxygen atoms in total. The minimum Gasteiger partial charge on any atom is -0.495 e. The first kappa shape index (κ1) is 27.6. The molecule has 4 aromatic rings. The van der Waals surface area contributed by atoms with Gasteiger partial charge in [-0.3, -0.25) is 9.36 Å². The van der Waals surface area contributed by atoms with Crippen LogP contribution in [0.1, 0.15) is 18.4 Å². The van der Waals surface area contributed by atoms with E-state index in [0.717, 1.165) is 36.7 Å². The van der Waals surface area contributed by atoms with Crippen molar-refractivity contribution in [2.45, 2.75) is 24.2 Å². The zero-order chi connectivity index (χ0) is 28.1. The number of nitrogens with zero attached hydrogens (tertiary/aromatic N) is 5. The molecule has 12 heteroatoms. The Kier molecular flexibility index (Phi) is 8.34. The van der Waals surface area contributed by atoms with Gasteiger partial charge in [0.1, 0.15) is 5.75 Å². The first-order valence-corrected chi connectivity index (χ1v) is 13.8. The lowest BCUT2D eigenvalue weighted by Crippen LogP contribution is -2.48. The number of alkyl halides is 3. The van der Waals surface area contributed by atoms with Crippen molar-refractivity contribution in [3.8, 4) is 23.0 Å². The third-order valence-corrected chi connectivity index (χ3v) is 7.65. The Morgan fingerprint density at radius 1 is 1.02 bits per heavy atom. The fourth-order valence-corrected chi connectivity index (χ4v) is 5.51. The van der Waals surface area contributed by atoms with Crippen LogP contribution >= 0.6 is 11.8 Å². The molecule has 2 aromatic carbocycles. The molecule has 0 unspecified atom stereocenters. The fourth-order valence-electron chi connectivity index (χ4n) is 4.62. The van der Waals surface area contributed by atoms with Crippen LogP contribution in [-0.4, -0.2) is 64.6 Å². The summed E-state index contributed by atoms with van der Waals surface area (Å²) < 4.78 is 52.7. The molecule has 3 heterocycles. The monoisotopic (exact) mass is 571 g/mol. The van der Waals surface area contributed by atoms with Gasteiger partial charge in [0.15, 0.2) is 10.9 Å². The number of anilines is 1. The van der Waals surface area contributed by atoms with Crippen LogP contribution in [0, 0.1) is 0 Å². The lowest BCUT2D eigenvalue weighted by molar-refractivity contribution is -0.137. The molecule has 210 valence electrons. The van der Waals surface area contributed by atoms with E-state index in [1.54, 1.807) is 29.9 Å². The summed E-state index contributed by atoms with van der Waals surface area (Å²) in [5.74, 6) is 2.13. The second kappa shape index (κ2) is 12.1. The van der Waals surface area contributed by atoms with Crippen LogP contribution in [-0.2, 0) is 11.0 Å². The smallest absolute Gasteiger partial charge is 0.416 e. The van der Waals surface area contributed by atoms with Crippen LogP contribution in [0.3, 0.4) is 0 Å². The molecule has 1 fully saturated rings. The molecule has 1 amide bonds. The molecule has 1 aliphatic heterocycles. The van der Waals surface area contributed by atoms with Gasteiger partial charge in [0.05, 0.1) is 30.3 Å². The Morgan fingerprint density at radius 2 is 1.82 bits per heavy atom. The summed E-state index contributed by atoms with van der Waals surface area (Å²) >= 11 is 1.34. The number of methoxy groups -OCH3 is 1. The highest BCUT2D eigenvalue weighted by Gasteiger charge is 2.31. The minimum absolute atomic E-state index is 0.0795. The highest BCUT2D eigenvalue weighted by Crippen LogP contribution is 2.34. The Labute approximate surface area is 233 Å². The average Bonchev–Trinajstić information content (AvgIpc) is 3.65. The van der Waals surface area contributed by atoms with Crippen molar-refractivity contribution in [3.05, 3.63) is 72.5 Å². The van der Waals surface area contributed by atoms with Gasteiger partial charge in [0.25, 0.3) is 0 Å². The van der Waals surface area contributed by atoms with Crippen LogP contribution in [0.5, 0.6) is 5.75 Å². The molecular weight excluding hydrogens is 543 g/mol. The molecule has 0 radical (unpaired) electrons. The summed E-state index contributed by atoms with van der Waals surface area (Å²) in [6, 6.07) is 16.2. The summed E-state index contributed by atoms with van der Waals surface area (Å²) in [4.78, 5) is 17.0. The van der Waals surface area contributed by atoms with Gasteiger partial charge in [-0.1, -0.05) is 30.0 Å². The number of rotatable bonds is 9. The molecule has 1 aliphatic rings. The second-order valence-corrected chi connectivity index (χ2v) is 10.2. The predicted molar refractivity (Wildman–Crippen MR) is 146 cm³/mol. The lowest BCUT2D eigenvalue weighted by atomic mass is 10.2. The van der Waals surface area contributed by atoms with E-state index in [4.69, 9.17) is 9.15 Å². The van der Waals surface area contributed by atoms with E-state index in [1.807, 2.05) is 29.2 Å². The van der Waals surface area contributed by atoms with Gasteiger partial charge in [-0.05, 0) is 48.9 Å². The number of furan rings is 1. The standard InChI is InChI=1S/C28H28F3N5O3S/c1-38-23-10-3-2-9-22(23)34-13-15-35(16-14-34)25(37)12-6-18-40-27-33-32-26(24-11-5-17-39-24)36(27)21-8-4-7-20(19-21)28(29,30)31/h2-5,7-11,17,19H,6,12-16,18H2,1H3. The maximum Gasteiger partial charge on any atom is 0.416 e. The van der Waals surface area contributed by atoms with E-state index < -0.39 is 11.7 Å². The maximum atomic E-state index is 13.4. The van der Waals surface area contributed by atoms with Crippen molar-refractivity contribution >= 4 is 23.4 Å². The average molecular weight is 572 g/mol. The number of aromatic nitrogens is 3. The molecule has 0 spiro atoms. The normalized spacial score (nSPS) is 14.0. The van der Waals surface area contributed by atoms with Crippen LogP contribution in [0.4, 0.5) is 18.9 Å². The lowest BCUT2D eigenvalue weighted by Gasteiger charge is -2.36. The van der Waals surface area contributed by atoms with Crippen molar-refractivity contribution < 1.29 is 27.1 Å². The van der Waals surface area contributed by atoms with E-state index in [1.165, 1.54) is 24.1 Å². The Bertz CT molecular complexity index is 1430. The van der Waals surface area contributed by atoms with E-state index in [-0.39, 0.29) is 11.6 Å². The topological polar surface area (TPSA) is 76.6 Å². The van der Waals surface area contributed by atoms with Crippen molar-refractivity contribution in [1.29, 1.82) is 0 Å². The number of para-hydroxylation sites is 2. The number of carbonyl (C=O) groups is 1. The number of hydrogen-bond acceptors (Lipinski definition) is 7. The number of hydrogen-bond donors (Lipinski definition) is 0. The number of amides is 1. The number of piperazine rings is 1. The first-order valence-electron chi connectivity index (χ1n) is 12.8. The van der Waals surface area contributed by atoms with Crippen molar-refractivity contribution in [1.82, 2.24) is 19.7 Å². The molecule has 40 heavy (non-hydrogen) atoms. The number of ether oxygens (including phenoxy) is 1. The van der Waals surface area contributed by atoms with Gasteiger partial charge < -0.3 is 19.0 Å². The van der Waals surface area contributed by atoms with Crippen LogP contribution in [0.15, 0.2) is 76.5 Å². The van der Waals surface area contributed by atoms with Crippen molar-refractivity contribution in [2.75, 3.05) is 43.9 Å². The van der Waals surface area contributed by atoms with Crippen molar-refractivity contribution in [2.24, 2.45) is 0 Å². The Morgan fingerprint density at radius 3 is 2.55 bits per heavy atom. The Balaban J connectivity index is 1.20. The summed E-state index contributed by atoms with van der Waals surface area (Å²) in [6.45, 7) is 2.69. The largest absolute Gasteiger partial charge is 0.495 e. The third-order valence-electron chi connectivity index (χ3n) is 6.63. The maximum absolute atomic E-state index is 13.4. The third kappa shape index (κ3) is 6.11. The number of benzene rings is 2. The zero-order valence-corrected chi connectivity index (χ0v) is 22.6. The predicted octanol–water partition coefficient (Wildman–Crippen LogP) is 5.78. The zero-order valence-electron chi connectivity index (χ0n) is 21.8. The molecular formula is C28H28F3N5O3S. The summed E-state index contributed by atoms with van der Waals surface area (Å²) in [6.07, 6.45) is -2.07. The summed E-state index contributed by atoms with van der Waals surface area (Å²) in [5.41, 5.74) is 0.529. The molecule has 0 atom stereocenters. The van der Waals surface area contributed by atoms with Gasteiger partial charge in [0, 0.05) is 38.4 Å². The molecule has 0 aliphatic carbocycles. The second-order valence-electron chi connectivity index (χ2n) is 9.16. The van der Waals surface area contributed by atoms with E-state index in [2.05, 4.69) is 15.1 Å². The van der Waals surface area contributed by atoms with Gasteiger partial charge in [-0.2, -0.15) is 13.2 Å². The fraction of sp³-hybridized carbons (Fsp3) is 0.321. The molecule has 5 rings (SSSR count). The van der Waals surface area contributed by atoms with Gasteiger partial charge in [0.2, 0.25) is 11.7 Å². The first-order chi connectivity index (χ1) is 19.3. The van der Waals surface area contributed by atoms with E-state index >= 15 is 0 Å². The Hall–Kier alpha value is -3.93. The highest BCUT2D eigenvalue weighted by atomic mass is 32.2. The van der Waals surface area contributed by atoms with Gasteiger partial charge in [-0.25, -0.2) is 0 Å². The molecule has 1 saturated heterocycles. The summed E-state index contributed by atoms with van der Waals surface area (Å²) in [5, 5.41) is 8.83. The van der Waals surface area contributed by atoms with Crippen LogP contribution in [0.25, 0.3) is 17.3 Å². The quantitative estimate of drug-likeness (QED) is 0.186. The minimum atomic E-state index is -4.48. The summed E-state index contributed by atoms with van der Waals surface area (Å²) in [7, 11) is 1.65. The SMILES string of the molecule is COc1ccccc1N1CCN(C(=O)CCCSc2nnc(-c3ccco3)n2-c2cccc(C(F)(F)F)c2)CC1. The van der Waals surface area contributed by atoms with E-state index in [0.29, 0.717) is 48.4 Å². The van der Waals surface area contributed by atoms with Crippen LogP contribution < -0.4 is 9.64 Å². The molecule has 0 bridgehead atoms. The van der Waals surface area contributed by atoms with Crippen molar-refractivity contribution in [3.63, 3.8) is 0 Å². The highest BCUT2D eigenvalue weighted by molar-refractivity contribution is 7.99. The number of carbonyl (C=O) groups excluding carboxylic acids is 1. The molecule has 2 aromatic heterocycles. The van der Waals surface area contributed by atoms with Gasteiger partial charge in [-0.15, -0.1) is 10.2 Å².